The first-order valence-electron chi connectivity index (χ1n) is 5.28. The number of carboxylic acid groups (broad SMARTS) is 1. The number of carboxylic acids is 1. The van der Waals surface area contributed by atoms with E-state index in [1.807, 2.05) is 6.92 Å². The molecule has 0 saturated heterocycles. The number of H-pyrrole nitrogens is 1. The lowest BCUT2D eigenvalue weighted by Gasteiger charge is -2.02. The van der Waals surface area contributed by atoms with Crippen molar-refractivity contribution in [3.63, 3.8) is 0 Å². The number of nitrogens with one attached hydrogen (secondary N) is 1. The van der Waals surface area contributed by atoms with Crippen molar-refractivity contribution in [1.29, 1.82) is 0 Å². The highest BCUT2D eigenvalue weighted by atomic mass is 32.2. The van der Waals surface area contributed by atoms with Gasteiger partial charge < -0.3 is 5.11 Å². The topological polar surface area (TPSA) is 88.0 Å². The largest absolute Gasteiger partial charge is 0.478 e. The summed E-state index contributed by atoms with van der Waals surface area (Å²) in [7, 11) is 0. The quantitative estimate of drug-likeness (QED) is 0.873. The summed E-state index contributed by atoms with van der Waals surface area (Å²) < 4.78 is 1.48. The van der Waals surface area contributed by atoms with Crippen LogP contribution in [0.4, 0.5) is 0 Å². The van der Waals surface area contributed by atoms with Gasteiger partial charge in [-0.05, 0) is 36.9 Å². The monoisotopic (exact) mass is 265 g/mol. The van der Waals surface area contributed by atoms with Crippen molar-refractivity contribution in [2.75, 3.05) is 0 Å². The molecule has 0 aliphatic rings. The molecule has 0 atom stereocenters. The zero-order chi connectivity index (χ0) is 13.1. The molecule has 0 bridgehead atoms. The Hall–Kier alpha value is -2.02. The number of carbonyl (C=O) groups is 1. The van der Waals surface area contributed by atoms with Gasteiger partial charge in [-0.15, -0.1) is 5.10 Å². The summed E-state index contributed by atoms with van der Waals surface area (Å²) in [5.41, 5.74) is -0.0599. The molecule has 18 heavy (non-hydrogen) atoms. The predicted octanol–water partition coefficient (Wildman–Crippen LogP) is 1.44. The Balaban J connectivity index is 2.31. The van der Waals surface area contributed by atoms with Gasteiger partial charge in [0.25, 0.3) is 0 Å². The smallest absolute Gasteiger partial charge is 0.343 e. The van der Waals surface area contributed by atoms with Gasteiger partial charge in [-0.25, -0.2) is 14.7 Å². The van der Waals surface area contributed by atoms with E-state index in [0.717, 1.165) is 4.90 Å². The SMILES string of the molecule is CCn1c(Sc2cccc(C(=O)O)c2)n[nH]c1=O. The van der Waals surface area contributed by atoms with Crippen molar-refractivity contribution in [3.8, 4) is 0 Å². The maximum absolute atomic E-state index is 11.4. The highest BCUT2D eigenvalue weighted by Gasteiger charge is 2.10. The van der Waals surface area contributed by atoms with Crippen LogP contribution in [0.15, 0.2) is 39.1 Å². The minimum Gasteiger partial charge on any atom is -0.478 e. The molecular formula is C11H11N3O3S. The molecule has 7 heteroatoms. The predicted molar refractivity (Wildman–Crippen MR) is 66.0 cm³/mol. The van der Waals surface area contributed by atoms with Gasteiger partial charge in [0, 0.05) is 11.4 Å². The van der Waals surface area contributed by atoms with Crippen molar-refractivity contribution in [3.05, 3.63) is 40.3 Å². The van der Waals surface area contributed by atoms with Crippen molar-refractivity contribution in [2.45, 2.75) is 23.5 Å². The normalized spacial score (nSPS) is 10.5. The van der Waals surface area contributed by atoms with Crippen molar-refractivity contribution in [2.24, 2.45) is 0 Å². The lowest BCUT2D eigenvalue weighted by Crippen LogP contribution is -2.15. The molecule has 1 aromatic carbocycles. The molecule has 0 aliphatic carbocycles. The van der Waals surface area contributed by atoms with Gasteiger partial charge in [-0.1, -0.05) is 6.07 Å². The second-order valence-corrected chi connectivity index (χ2v) is 4.53. The van der Waals surface area contributed by atoms with Crippen LogP contribution < -0.4 is 5.69 Å². The fourth-order valence-electron chi connectivity index (χ4n) is 1.46. The summed E-state index contributed by atoms with van der Waals surface area (Å²) in [6.07, 6.45) is 0. The van der Waals surface area contributed by atoms with Crippen LogP contribution in [-0.2, 0) is 6.54 Å². The molecular weight excluding hydrogens is 254 g/mol. The number of hydrogen-bond acceptors (Lipinski definition) is 4. The highest BCUT2D eigenvalue weighted by molar-refractivity contribution is 7.99. The maximum atomic E-state index is 11.4. The number of aromatic carboxylic acids is 1. The number of nitrogens with zero attached hydrogens (tertiary/aromatic N) is 2. The number of aromatic nitrogens is 3. The molecule has 6 nitrogen and oxygen atoms in total. The summed E-state index contributed by atoms with van der Waals surface area (Å²) in [4.78, 5) is 22.9. The van der Waals surface area contributed by atoms with Crippen LogP contribution in [0.2, 0.25) is 0 Å². The summed E-state index contributed by atoms with van der Waals surface area (Å²) in [5, 5.41) is 15.7. The van der Waals surface area contributed by atoms with Gasteiger partial charge >= 0.3 is 11.7 Å². The lowest BCUT2D eigenvalue weighted by molar-refractivity contribution is 0.0696. The Labute approximate surface area is 107 Å². The summed E-state index contributed by atoms with van der Waals surface area (Å²) in [5.74, 6) is -0.979. The average molecular weight is 265 g/mol. The molecule has 0 spiro atoms. The Morgan fingerprint density at radius 2 is 2.33 bits per heavy atom. The van der Waals surface area contributed by atoms with Crippen molar-refractivity contribution in [1.82, 2.24) is 14.8 Å². The van der Waals surface area contributed by atoms with E-state index in [2.05, 4.69) is 10.2 Å². The van der Waals surface area contributed by atoms with Crippen LogP contribution in [0.5, 0.6) is 0 Å². The molecule has 0 radical (unpaired) electrons. The Kier molecular flexibility index (Phi) is 3.52. The molecule has 0 aliphatic heterocycles. The van der Waals surface area contributed by atoms with E-state index in [-0.39, 0.29) is 11.3 Å². The van der Waals surface area contributed by atoms with Gasteiger partial charge in [0.2, 0.25) is 0 Å². The van der Waals surface area contributed by atoms with Gasteiger partial charge in [0.15, 0.2) is 5.16 Å². The minimum atomic E-state index is -0.979. The zero-order valence-corrected chi connectivity index (χ0v) is 10.4. The molecule has 0 amide bonds. The number of hydrogen-bond donors (Lipinski definition) is 2. The Morgan fingerprint density at radius 1 is 1.56 bits per heavy atom. The van der Waals surface area contributed by atoms with E-state index in [4.69, 9.17) is 5.11 Å². The molecule has 94 valence electrons. The van der Waals surface area contributed by atoms with Crippen LogP contribution >= 0.6 is 11.8 Å². The first-order valence-corrected chi connectivity index (χ1v) is 6.10. The van der Waals surface area contributed by atoms with E-state index < -0.39 is 5.97 Å². The number of aromatic amines is 1. The molecule has 1 heterocycles. The van der Waals surface area contributed by atoms with Crippen LogP contribution in [0, 0.1) is 0 Å². The van der Waals surface area contributed by atoms with Crippen LogP contribution in [0.1, 0.15) is 17.3 Å². The summed E-state index contributed by atoms with van der Waals surface area (Å²) >= 11 is 1.25. The molecule has 0 fully saturated rings. The molecule has 0 saturated carbocycles. The molecule has 2 aromatic rings. The summed E-state index contributed by atoms with van der Waals surface area (Å²) in [6.45, 7) is 2.35. The third-order valence-corrected chi connectivity index (χ3v) is 3.31. The van der Waals surface area contributed by atoms with Crippen LogP contribution in [0.25, 0.3) is 0 Å². The number of benzene rings is 1. The second-order valence-electron chi connectivity index (χ2n) is 3.49. The minimum absolute atomic E-state index is 0.209. The first kappa shape index (κ1) is 12.4. The highest BCUT2D eigenvalue weighted by Crippen LogP contribution is 2.25. The lowest BCUT2D eigenvalue weighted by atomic mass is 10.2. The third kappa shape index (κ3) is 2.45. The van der Waals surface area contributed by atoms with Gasteiger partial charge in [-0.3, -0.25) is 4.57 Å². The van der Waals surface area contributed by atoms with Crippen LogP contribution in [-0.4, -0.2) is 25.8 Å². The van der Waals surface area contributed by atoms with E-state index >= 15 is 0 Å². The Bertz CT molecular complexity index is 632. The van der Waals surface area contributed by atoms with Crippen molar-refractivity contribution < 1.29 is 9.90 Å². The second kappa shape index (κ2) is 5.09. The Morgan fingerprint density at radius 3 is 3.00 bits per heavy atom. The van der Waals surface area contributed by atoms with E-state index in [1.54, 1.807) is 18.2 Å². The van der Waals surface area contributed by atoms with Gasteiger partial charge in [0.1, 0.15) is 0 Å². The first-order chi connectivity index (χ1) is 8.61. The maximum Gasteiger partial charge on any atom is 0.343 e. The standard InChI is InChI=1S/C11H11N3O3S/c1-2-14-10(17)12-13-11(14)18-8-5-3-4-7(6-8)9(15)16/h3-6H,2H2,1H3,(H,12,17)(H,15,16). The fourth-order valence-corrected chi connectivity index (χ4v) is 2.41. The van der Waals surface area contributed by atoms with Crippen molar-refractivity contribution >= 4 is 17.7 Å². The van der Waals surface area contributed by atoms with Gasteiger partial charge in [-0.2, -0.15) is 0 Å². The number of rotatable bonds is 4. The third-order valence-electron chi connectivity index (χ3n) is 2.33. The van der Waals surface area contributed by atoms with E-state index in [9.17, 15) is 9.59 Å². The zero-order valence-electron chi connectivity index (χ0n) is 9.58. The van der Waals surface area contributed by atoms with Gasteiger partial charge in [0.05, 0.1) is 5.56 Å². The fraction of sp³-hybridized carbons (Fsp3) is 0.182. The van der Waals surface area contributed by atoms with Crippen LogP contribution in [0.3, 0.4) is 0 Å². The molecule has 2 N–H and O–H groups in total. The molecule has 0 unspecified atom stereocenters. The van der Waals surface area contributed by atoms with E-state index in [1.165, 1.54) is 22.4 Å². The van der Waals surface area contributed by atoms with E-state index in [0.29, 0.717) is 11.7 Å². The average Bonchev–Trinajstić information content (AvgIpc) is 2.70. The molecule has 1 aromatic heterocycles. The summed E-state index contributed by atoms with van der Waals surface area (Å²) in [6, 6.07) is 6.50. The molecule has 2 rings (SSSR count).